The van der Waals surface area contributed by atoms with Crippen molar-refractivity contribution in [1.82, 2.24) is 15.2 Å². The average molecular weight is 227 g/mol. The van der Waals surface area contributed by atoms with Gasteiger partial charge in [0.15, 0.2) is 0 Å². The third-order valence-electron chi connectivity index (χ3n) is 2.82. The normalized spacial score (nSPS) is 24.7. The zero-order valence-electron chi connectivity index (χ0n) is 9.00. The fourth-order valence-corrected chi connectivity index (χ4v) is 2.09. The molecule has 4 nitrogen and oxygen atoms in total. The summed E-state index contributed by atoms with van der Waals surface area (Å²) in [6, 6.07) is 0. The van der Waals surface area contributed by atoms with Crippen molar-refractivity contribution in [1.29, 1.82) is 0 Å². The van der Waals surface area contributed by atoms with Gasteiger partial charge in [-0.2, -0.15) is 5.10 Å². The Morgan fingerprint density at radius 3 is 2.60 bits per heavy atom. The number of anilines is 1. The van der Waals surface area contributed by atoms with Crippen molar-refractivity contribution in [2.45, 2.75) is 32.1 Å². The van der Waals surface area contributed by atoms with Gasteiger partial charge in [-0.1, -0.05) is 0 Å². The van der Waals surface area contributed by atoms with E-state index in [0.717, 1.165) is 30.8 Å². The Bertz CT molecular complexity index is 349. The van der Waals surface area contributed by atoms with E-state index in [1.54, 1.807) is 0 Å². The van der Waals surface area contributed by atoms with Crippen molar-refractivity contribution in [3.63, 3.8) is 0 Å². The van der Waals surface area contributed by atoms with E-state index in [1.807, 2.05) is 13.8 Å². The van der Waals surface area contributed by atoms with Gasteiger partial charge < -0.3 is 5.32 Å². The van der Waals surface area contributed by atoms with Crippen LogP contribution in [0.15, 0.2) is 0 Å². The van der Waals surface area contributed by atoms with Gasteiger partial charge in [-0.05, 0) is 32.6 Å². The molecule has 0 saturated heterocycles. The predicted molar refractivity (Wildman–Crippen MR) is 60.2 cm³/mol. The van der Waals surface area contributed by atoms with Gasteiger partial charge in [-0.25, -0.2) is 4.98 Å². The van der Waals surface area contributed by atoms with Crippen LogP contribution in [0.4, 0.5) is 5.95 Å². The van der Waals surface area contributed by atoms with Crippen molar-refractivity contribution >= 4 is 17.5 Å². The molecule has 82 valence electrons. The molecule has 5 heteroatoms. The molecule has 0 spiro atoms. The predicted octanol–water partition coefficient (Wildman–Crippen LogP) is 1.92. The van der Waals surface area contributed by atoms with E-state index in [4.69, 9.17) is 11.6 Å². The molecule has 0 amide bonds. The Hall–Kier alpha value is -0.900. The number of nitrogens with zero attached hydrogens (tertiary/aromatic N) is 3. The third kappa shape index (κ3) is 2.56. The number of aryl methyl sites for hydroxylation is 2. The SMILES string of the molecule is Cc1nnc(NCC2CC(Cl)C2)nc1C. The molecule has 15 heavy (non-hydrogen) atoms. The van der Waals surface area contributed by atoms with Crippen LogP contribution in [-0.2, 0) is 0 Å². The monoisotopic (exact) mass is 226 g/mol. The number of hydrogen-bond acceptors (Lipinski definition) is 4. The van der Waals surface area contributed by atoms with E-state index in [1.165, 1.54) is 0 Å². The topological polar surface area (TPSA) is 50.7 Å². The summed E-state index contributed by atoms with van der Waals surface area (Å²) in [6.45, 7) is 4.74. The highest BCUT2D eigenvalue weighted by atomic mass is 35.5. The molecule has 1 aliphatic rings. The molecule has 1 fully saturated rings. The standard InChI is InChI=1S/C10H15ClN4/c1-6-7(2)14-15-10(13-6)12-5-8-3-9(11)4-8/h8-9H,3-5H2,1-2H3,(H,12,13,15). The number of halogens is 1. The van der Waals surface area contributed by atoms with E-state index < -0.39 is 0 Å². The lowest BCUT2D eigenvalue weighted by Gasteiger charge is -2.30. The summed E-state index contributed by atoms with van der Waals surface area (Å²) in [7, 11) is 0. The number of hydrogen-bond donors (Lipinski definition) is 1. The van der Waals surface area contributed by atoms with Crippen LogP contribution in [0.25, 0.3) is 0 Å². The van der Waals surface area contributed by atoms with E-state index in [0.29, 0.717) is 17.2 Å². The number of aromatic nitrogens is 3. The minimum Gasteiger partial charge on any atom is -0.353 e. The van der Waals surface area contributed by atoms with Gasteiger partial charge in [0.25, 0.3) is 0 Å². The largest absolute Gasteiger partial charge is 0.353 e. The second kappa shape index (κ2) is 4.31. The molecule has 0 bridgehead atoms. The summed E-state index contributed by atoms with van der Waals surface area (Å²) in [6.07, 6.45) is 2.18. The molecule has 1 aliphatic carbocycles. The first-order chi connectivity index (χ1) is 7.15. The van der Waals surface area contributed by atoms with Crippen LogP contribution in [0.5, 0.6) is 0 Å². The van der Waals surface area contributed by atoms with Gasteiger partial charge in [0.2, 0.25) is 5.95 Å². The van der Waals surface area contributed by atoms with Crippen LogP contribution < -0.4 is 5.32 Å². The van der Waals surface area contributed by atoms with Crippen LogP contribution in [0.3, 0.4) is 0 Å². The van der Waals surface area contributed by atoms with Crippen LogP contribution in [0, 0.1) is 19.8 Å². The Morgan fingerprint density at radius 1 is 1.27 bits per heavy atom. The summed E-state index contributed by atoms with van der Waals surface area (Å²) >= 11 is 5.90. The van der Waals surface area contributed by atoms with Crippen molar-refractivity contribution in [2.24, 2.45) is 5.92 Å². The highest BCUT2D eigenvalue weighted by Gasteiger charge is 2.26. The maximum absolute atomic E-state index is 5.90. The first kappa shape index (κ1) is 10.6. The Morgan fingerprint density at radius 2 is 2.00 bits per heavy atom. The third-order valence-corrected chi connectivity index (χ3v) is 3.18. The van der Waals surface area contributed by atoms with E-state index in [9.17, 15) is 0 Å². The molecular weight excluding hydrogens is 212 g/mol. The van der Waals surface area contributed by atoms with Gasteiger partial charge in [0.05, 0.1) is 11.4 Å². The average Bonchev–Trinajstić information content (AvgIpc) is 2.16. The molecule has 0 atom stereocenters. The summed E-state index contributed by atoms with van der Waals surface area (Å²) in [5.74, 6) is 1.29. The smallest absolute Gasteiger partial charge is 0.242 e. The quantitative estimate of drug-likeness (QED) is 0.801. The highest BCUT2D eigenvalue weighted by molar-refractivity contribution is 6.21. The van der Waals surface area contributed by atoms with Crippen LogP contribution in [0.2, 0.25) is 0 Å². The number of alkyl halides is 1. The summed E-state index contributed by atoms with van der Waals surface area (Å²) < 4.78 is 0. The van der Waals surface area contributed by atoms with Crippen LogP contribution in [-0.4, -0.2) is 27.1 Å². The number of rotatable bonds is 3. The highest BCUT2D eigenvalue weighted by Crippen LogP contribution is 2.31. The molecule has 1 aromatic heterocycles. The minimum absolute atomic E-state index is 0.371. The lowest BCUT2D eigenvalue weighted by atomic mass is 9.85. The first-order valence-corrected chi connectivity index (χ1v) is 5.64. The van der Waals surface area contributed by atoms with Gasteiger partial charge in [-0.15, -0.1) is 16.7 Å². The Kier molecular flexibility index (Phi) is 3.05. The van der Waals surface area contributed by atoms with E-state index in [-0.39, 0.29) is 0 Å². The van der Waals surface area contributed by atoms with Crippen molar-refractivity contribution in [3.8, 4) is 0 Å². The van der Waals surface area contributed by atoms with E-state index in [2.05, 4.69) is 20.5 Å². The first-order valence-electron chi connectivity index (χ1n) is 5.21. The van der Waals surface area contributed by atoms with Gasteiger partial charge in [0.1, 0.15) is 0 Å². The van der Waals surface area contributed by atoms with Crippen LogP contribution >= 0.6 is 11.6 Å². The van der Waals surface area contributed by atoms with Crippen molar-refractivity contribution < 1.29 is 0 Å². The number of nitrogens with one attached hydrogen (secondary N) is 1. The van der Waals surface area contributed by atoms with E-state index >= 15 is 0 Å². The molecule has 0 aliphatic heterocycles. The second-order valence-corrected chi connectivity index (χ2v) is 4.74. The molecule has 1 heterocycles. The van der Waals surface area contributed by atoms with Crippen LogP contribution in [0.1, 0.15) is 24.2 Å². The summed E-state index contributed by atoms with van der Waals surface area (Å²) in [5, 5.41) is 11.6. The Labute approximate surface area is 94.5 Å². The van der Waals surface area contributed by atoms with Crippen molar-refractivity contribution in [2.75, 3.05) is 11.9 Å². The minimum atomic E-state index is 0.371. The zero-order valence-corrected chi connectivity index (χ0v) is 9.75. The summed E-state index contributed by atoms with van der Waals surface area (Å²) in [5.41, 5.74) is 1.81. The molecule has 2 rings (SSSR count). The molecular formula is C10H15ClN4. The molecule has 0 radical (unpaired) electrons. The molecule has 1 aromatic rings. The van der Waals surface area contributed by atoms with Gasteiger partial charge >= 0.3 is 0 Å². The lowest BCUT2D eigenvalue weighted by molar-refractivity contribution is 0.341. The fraction of sp³-hybridized carbons (Fsp3) is 0.700. The fourth-order valence-electron chi connectivity index (χ4n) is 1.59. The lowest BCUT2D eigenvalue weighted by Crippen LogP contribution is -2.30. The van der Waals surface area contributed by atoms with Gasteiger partial charge in [-0.3, -0.25) is 0 Å². The Balaban J connectivity index is 1.86. The van der Waals surface area contributed by atoms with Gasteiger partial charge in [0, 0.05) is 11.9 Å². The zero-order chi connectivity index (χ0) is 10.8. The maximum atomic E-state index is 5.90. The second-order valence-electron chi connectivity index (χ2n) is 4.12. The molecule has 1 N–H and O–H groups in total. The molecule has 0 unspecified atom stereocenters. The maximum Gasteiger partial charge on any atom is 0.242 e. The molecule has 0 aromatic carbocycles. The summed E-state index contributed by atoms with van der Waals surface area (Å²) in [4.78, 5) is 4.30. The molecule has 1 saturated carbocycles. The van der Waals surface area contributed by atoms with Crippen molar-refractivity contribution in [3.05, 3.63) is 11.4 Å².